The Morgan fingerprint density at radius 2 is 2.06 bits per heavy atom. The molecule has 0 saturated heterocycles. The van der Waals surface area contributed by atoms with Crippen LogP contribution >= 0.6 is 0 Å². The highest BCUT2D eigenvalue weighted by molar-refractivity contribution is 5.72. The molecule has 0 radical (unpaired) electrons. The summed E-state index contributed by atoms with van der Waals surface area (Å²) in [6, 6.07) is 2.22. The molecule has 0 atom stereocenters. The third-order valence-corrected chi connectivity index (χ3v) is 2.00. The summed E-state index contributed by atoms with van der Waals surface area (Å²) >= 11 is 0. The number of carbonyl (C=O) groups is 1. The second-order valence-corrected chi connectivity index (χ2v) is 3.02. The average Bonchev–Trinajstić information content (AvgIpc) is 2.25. The van der Waals surface area contributed by atoms with Gasteiger partial charge >= 0.3 is 5.97 Å². The standard InChI is InChI=1S/C11H12F2O3/c1-3-16-10(14)6-7-8(12)4-5-9(15-2)11(7)13/h4-5H,3,6H2,1-2H3. The topological polar surface area (TPSA) is 35.5 Å². The summed E-state index contributed by atoms with van der Waals surface area (Å²) in [5.41, 5.74) is -0.335. The van der Waals surface area contributed by atoms with Crippen LogP contribution in [0.25, 0.3) is 0 Å². The van der Waals surface area contributed by atoms with Crippen LogP contribution in [0.2, 0.25) is 0 Å². The highest BCUT2D eigenvalue weighted by atomic mass is 19.1. The molecule has 1 aromatic rings. The molecule has 1 aromatic carbocycles. The Morgan fingerprint density at radius 1 is 1.38 bits per heavy atom. The minimum absolute atomic E-state index is 0.0966. The van der Waals surface area contributed by atoms with Gasteiger partial charge in [0.1, 0.15) is 5.82 Å². The molecule has 0 saturated carbocycles. The molecule has 0 aliphatic heterocycles. The maximum Gasteiger partial charge on any atom is 0.310 e. The molecule has 0 aromatic heterocycles. The number of methoxy groups -OCH3 is 1. The molecule has 0 fully saturated rings. The molecule has 0 heterocycles. The molecule has 0 unspecified atom stereocenters. The minimum Gasteiger partial charge on any atom is -0.494 e. The SMILES string of the molecule is CCOC(=O)Cc1c(F)ccc(OC)c1F. The van der Waals surface area contributed by atoms with Gasteiger partial charge < -0.3 is 9.47 Å². The first-order valence-electron chi connectivity index (χ1n) is 4.76. The van der Waals surface area contributed by atoms with Crippen molar-refractivity contribution in [1.82, 2.24) is 0 Å². The molecule has 3 nitrogen and oxygen atoms in total. The zero-order valence-corrected chi connectivity index (χ0v) is 9.05. The average molecular weight is 230 g/mol. The largest absolute Gasteiger partial charge is 0.494 e. The summed E-state index contributed by atoms with van der Waals surface area (Å²) in [7, 11) is 1.27. The Kier molecular flexibility index (Phi) is 4.22. The Morgan fingerprint density at radius 3 is 2.62 bits per heavy atom. The van der Waals surface area contributed by atoms with Gasteiger partial charge in [0.25, 0.3) is 0 Å². The number of hydrogen-bond acceptors (Lipinski definition) is 3. The molecular formula is C11H12F2O3. The van der Waals surface area contributed by atoms with Crippen LogP contribution in [0.3, 0.4) is 0 Å². The van der Waals surface area contributed by atoms with E-state index in [1.807, 2.05) is 0 Å². The van der Waals surface area contributed by atoms with E-state index in [0.717, 1.165) is 6.07 Å². The third kappa shape index (κ3) is 2.68. The van der Waals surface area contributed by atoms with Crippen LogP contribution in [-0.2, 0) is 16.0 Å². The van der Waals surface area contributed by atoms with E-state index in [9.17, 15) is 13.6 Å². The zero-order valence-electron chi connectivity index (χ0n) is 9.05. The summed E-state index contributed by atoms with van der Waals surface area (Å²) in [5, 5.41) is 0. The predicted molar refractivity (Wildman–Crippen MR) is 53.2 cm³/mol. The van der Waals surface area contributed by atoms with Gasteiger partial charge in [-0.05, 0) is 19.1 Å². The fraction of sp³-hybridized carbons (Fsp3) is 0.364. The Balaban J connectivity index is 2.98. The van der Waals surface area contributed by atoms with Crippen LogP contribution in [0, 0.1) is 11.6 Å². The van der Waals surface area contributed by atoms with Gasteiger partial charge in [0.2, 0.25) is 0 Å². The molecule has 0 spiro atoms. The van der Waals surface area contributed by atoms with Gasteiger partial charge in [-0.15, -0.1) is 0 Å². The lowest BCUT2D eigenvalue weighted by atomic mass is 10.1. The van der Waals surface area contributed by atoms with Crippen LogP contribution in [0.1, 0.15) is 12.5 Å². The molecule has 0 N–H and O–H groups in total. The van der Waals surface area contributed by atoms with E-state index in [1.165, 1.54) is 13.2 Å². The van der Waals surface area contributed by atoms with Crippen LogP contribution in [-0.4, -0.2) is 19.7 Å². The predicted octanol–water partition coefficient (Wildman–Crippen LogP) is 2.08. The van der Waals surface area contributed by atoms with Crippen molar-refractivity contribution in [1.29, 1.82) is 0 Å². The lowest BCUT2D eigenvalue weighted by Crippen LogP contribution is -2.11. The summed E-state index contributed by atoms with van der Waals surface area (Å²) in [6.45, 7) is 1.79. The van der Waals surface area contributed by atoms with Crippen LogP contribution in [0.5, 0.6) is 5.75 Å². The number of carbonyl (C=O) groups excluding carboxylic acids is 1. The van der Waals surface area contributed by atoms with Gasteiger partial charge in [-0.3, -0.25) is 4.79 Å². The van der Waals surface area contributed by atoms with Crippen molar-refractivity contribution in [2.75, 3.05) is 13.7 Å². The Hall–Kier alpha value is -1.65. The van der Waals surface area contributed by atoms with E-state index in [2.05, 4.69) is 9.47 Å². The molecule has 0 aliphatic carbocycles. The van der Waals surface area contributed by atoms with Crippen molar-refractivity contribution in [2.45, 2.75) is 13.3 Å². The second-order valence-electron chi connectivity index (χ2n) is 3.02. The Labute approximate surface area is 92.0 Å². The third-order valence-electron chi connectivity index (χ3n) is 2.00. The van der Waals surface area contributed by atoms with Gasteiger partial charge in [0.05, 0.1) is 20.1 Å². The van der Waals surface area contributed by atoms with Crippen molar-refractivity contribution in [2.24, 2.45) is 0 Å². The normalized spacial score (nSPS) is 10.0. The van der Waals surface area contributed by atoms with E-state index in [-0.39, 0.29) is 17.9 Å². The number of ether oxygens (including phenoxy) is 2. The van der Waals surface area contributed by atoms with Crippen molar-refractivity contribution in [3.63, 3.8) is 0 Å². The Bertz CT molecular complexity index is 391. The maximum atomic E-state index is 13.6. The summed E-state index contributed by atoms with van der Waals surface area (Å²) in [5.74, 6) is -2.42. The fourth-order valence-electron chi connectivity index (χ4n) is 1.25. The molecule has 5 heteroatoms. The van der Waals surface area contributed by atoms with Crippen molar-refractivity contribution >= 4 is 5.97 Å². The molecule has 0 aliphatic rings. The van der Waals surface area contributed by atoms with Gasteiger partial charge in [0.15, 0.2) is 11.6 Å². The van der Waals surface area contributed by atoms with Crippen LogP contribution in [0.15, 0.2) is 12.1 Å². The molecular weight excluding hydrogens is 218 g/mol. The highest BCUT2D eigenvalue weighted by Gasteiger charge is 2.17. The monoisotopic (exact) mass is 230 g/mol. The van der Waals surface area contributed by atoms with Gasteiger partial charge in [-0.25, -0.2) is 8.78 Å². The molecule has 1 rings (SSSR count). The first kappa shape index (κ1) is 12.4. The van der Waals surface area contributed by atoms with Crippen molar-refractivity contribution in [3.05, 3.63) is 29.3 Å². The number of hydrogen-bond donors (Lipinski definition) is 0. The zero-order chi connectivity index (χ0) is 12.1. The van der Waals surface area contributed by atoms with E-state index in [4.69, 9.17) is 0 Å². The van der Waals surface area contributed by atoms with E-state index >= 15 is 0 Å². The lowest BCUT2D eigenvalue weighted by molar-refractivity contribution is -0.142. The quantitative estimate of drug-likeness (QED) is 0.743. The first-order valence-corrected chi connectivity index (χ1v) is 4.76. The van der Waals surface area contributed by atoms with E-state index < -0.39 is 24.0 Å². The van der Waals surface area contributed by atoms with Gasteiger partial charge in [-0.1, -0.05) is 0 Å². The molecule has 88 valence electrons. The molecule has 0 amide bonds. The molecule has 0 bridgehead atoms. The van der Waals surface area contributed by atoms with Crippen molar-refractivity contribution < 1.29 is 23.0 Å². The number of esters is 1. The fourth-order valence-corrected chi connectivity index (χ4v) is 1.25. The second kappa shape index (κ2) is 5.44. The summed E-state index contributed by atoms with van der Waals surface area (Å²) in [4.78, 5) is 11.1. The first-order chi connectivity index (χ1) is 7.60. The lowest BCUT2D eigenvalue weighted by Gasteiger charge is -2.08. The van der Waals surface area contributed by atoms with Gasteiger partial charge in [0, 0.05) is 5.56 Å². The van der Waals surface area contributed by atoms with Crippen LogP contribution < -0.4 is 4.74 Å². The van der Waals surface area contributed by atoms with Gasteiger partial charge in [-0.2, -0.15) is 0 Å². The van der Waals surface area contributed by atoms with Crippen molar-refractivity contribution in [3.8, 4) is 5.75 Å². The summed E-state index contributed by atoms with van der Waals surface area (Å²) < 4.78 is 36.1. The number of benzene rings is 1. The van der Waals surface area contributed by atoms with E-state index in [0.29, 0.717) is 0 Å². The van der Waals surface area contributed by atoms with Crippen LogP contribution in [0.4, 0.5) is 8.78 Å². The number of halogens is 2. The maximum absolute atomic E-state index is 13.6. The highest BCUT2D eigenvalue weighted by Crippen LogP contribution is 2.23. The smallest absolute Gasteiger partial charge is 0.310 e. The summed E-state index contributed by atoms with van der Waals surface area (Å²) in [6.07, 6.45) is -0.442. The number of rotatable bonds is 4. The van der Waals surface area contributed by atoms with E-state index in [1.54, 1.807) is 6.92 Å². The minimum atomic E-state index is -0.865. The molecule has 16 heavy (non-hydrogen) atoms.